The quantitative estimate of drug-likeness (QED) is 0.770. The molecule has 0 saturated carbocycles. The molecular weight excluding hydrogens is 252 g/mol. The van der Waals surface area contributed by atoms with E-state index in [2.05, 4.69) is 4.90 Å². The number of amides is 2. The molecule has 0 radical (unpaired) electrons. The van der Waals surface area contributed by atoms with Crippen LogP contribution >= 0.6 is 0 Å². The molecule has 4 nitrogen and oxygen atoms in total. The van der Waals surface area contributed by atoms with E-state index in [1.54, 1.807) is 7.05 Å². The van der Waals surface area contributed by atoms with Crippen molar-refractivity contribution < 1.29 is 9.59 Å². The summed E-state index contributed by atoms with van der Waals surface area (Å²) in [6, 6.07) is 9.49. The highest BCUT2D eigenvalue weighted by atomic mass is 16.2. The maximum absolute atomic E-state index is 12.4. The number of imide groups is 1. The summed E-state index contributed by atoms with van der Waals surface area (Å²) < 4.78 is 0. The van der Waals surface area contributed by atoms with Crippen LogP contribution in [0.5, 0.6) is 0 Å². The Morgan fingerprint density at radius 1 is 0.900 bits per heavy atom. The van der Waals surface area contributed by atoms with Gasteiger partial charge in [-0.3, -0.25) is 14.5 Å². The Hall–Kier alpha value is -2.10. The molecule has 1 aromatic carbocycles. The second kappa shape index (κ2) is 5.12. The van der Waals surface area contributed by atoms with Gasteiger partial charge in [-0.05, 0) is 24.8 Å². The number of hydrogen-bond donors (Lipinski definition) is 0. The molecule has 4 heteroatoms. The first-order chi connectivity index (χ1) is 9.70. The summed E-state index contributed by atoms with van der Waals surface area (Å²) in [6.07, 6.45) is 3.36. The molecule has 104 valence electrons. The summed E-state index contributed by atoms with van der Waals surface area (Å²) in [4.78, 5) is 28.1. The van der Waals surface area contributed by atoms with Gasteiger partial charge in [0.05, 0.1) is 5.57 Å². The van der Waals surface area contributed by atoms with E-state index < -0.39 is 0 Å². The second-order valence-corrected chi connectivity index (χ2v) is 5.31. The molecule has 20 heavy (non-hydrogen) atoms. The molecule has 0 unspecified atom stereocenters. The summed E-state index contributed by atoms with van der Waals surface area (Å²) in [5.74, 6) is -0.363. The van der Waals surface area contributed by atoms with E-state index >= 15 is 0 Å². The largest absolute Gasteiger partial charge is 0.366 e. The third-order valence-corrected chi connectivity index (χ3v) is 4.00. The minimum absolute atomic E-state index is 0.171. The van der Waals surface area contributed by atoms with Crippen molar-refractivity contribution >= 4 is 17.4 Å². The third kappa shape index (κ3) is 2.01. The van der Waals surface area contributed by atoms with Crippen molar-refractivity contribution in [1.29, 1.82) is 0 Å². The van der Waals surface area contributed by atoms with Gasteiger partial charge in [0.25, 0.3) is 11.8 Å². The lowest BCUT2D eigenvalue weighted by Gasteiger charge is -2.29. The van der Waals surface area contributed by atoms with Crippen LogP contribution in [0.4, 0.5) is 0 Å². The third-order valence-electron chi connectivity index (χ3n) is 4.00. The van der Waals surface area contributed by atoms with Crippen molar-refractivity contribution in [1.82, 2.24) is 9.80 Å². The molecule has 2 heterocycles. The Bertz CT molecular complexity index is 571. The first-order valence-electron chi connectivity index (χ1n) is 7.07. The Balaban J connectivity index is 2.09. The Kier molecular flexibility index (Phi) is 3.30. The molecule has 0 atom stereocenters. The van der Waals surface area contributed by atoms with Crippen molar-refractivity contribution in [3.63, 3.8) is 0 Å². The van der Waals surface area contributed by atoms with Gasteiger partial charge >= 0.3 is 0 Å². The van der Waals surface area contributed by atoms with E-state index in [1.807, 2.05) is 30.3 Å². The molecule has 0 aliphatic carbocycles. The van der Waals surface area contributed by atoms with E-state index in [9.17, 15) is 9.59 Å². The zero-order valence-corrected chi connectivity index (χ0v) is 11.6. The summed E-state index contributed by atoms with van der Waals surface area (Å²) in [5, 5.41) is 0. The lowest BCUT2D eigenvalue weighted by atomic mass is 10.0. The minimum atomic E-state index is -0.193. The van der Waals surface area contributed by atoms with Crippen LogP contribution in [0.3, 0.4) is 0 Å². The van der Waals surface area contributed by atoms with E-state index in [4.69, 9.17) is 0 Å². The fraction of sp³-hybridized carbons (Fsp3) is 0.375. The monoisotopic (exact) mass is 270 g/mol. The zero-order chi connectivity index (χ0) is 14.1. The Labute approximate surface area is 118 Å². The van der Waals surface area contributed by atoms with E-state index in [0.717, 1.165) is 31.5 Å². The Morgan fingerprint density at radius 2 is 1.55 bits per heavy atom. The molecule has 2 amide bonds. The fourth-order valence-corrected chi connectivity index (χ4v) is 2.90. The van der Waals surface area contributed by atoms with Gasteiger partial charge in [-0.25, -0.2) is 0 Å². The molecule has 1 aromatic rings. The van der Waals surface area contributed by atoms with Crippen LogP contribution in [0.15, 0.2) is 36.0 Å². The highest BCUT2D eigenvalue weighted by molar-refractivity contribution is 6.35. The van der Waals surface area contributed by atoms with Gasteiger partial charge in [-0.15, -0.1) is 0 Å². The van der Waals surface area contributed by atoms with Gasteiger partial charge in [0.2, 0.25) is 0 Å². The average molecular weight is 270 g/mol. The normalized spacial score (nSPS) is 20.1. The lowest BCUT2D eigenvalue weighted by Crippen LogP contribution is -2.35. The van der Waals surface area contributed by atoms with E-state index in [0.29, 0.717) is 11.3 Å². The molecule has 0 N–H and O–H groups in total. The van der Waals surface area contributed by atoms with Gasteiger partial charge < -0.3 is 4.90 Å². The molecule has 0 bridgehead atoms. The van der Waals surface area contributed by atoms with E-state index in [1.165, 1.54) is 11.3 Å². The molecule has 1 saturated heterocycles. The van der Waals surface area contributed by atoms with Crippen LogP contribution in [0.25, 0.3) is 5.57 Å². The van der Waals surface area contributed by atoms with Crippen LogP contribution in [-0.2, 0) is 9.59 Å². The number of carbonyl (C=O) groups is 2. The lowest BCUT2D eigenvalue weighted by molar-refractivity contribution is -0.136. The number of piperidine rings is 1. The molecule has 1 fully saturated rings. The number of likely N-dealkylation sites (tertiary alicyclic amines) is 1. The Morgan fingerprint density at radius 3 is 2.20 bits per heavy atom. The fourth-order valence-electron chi connectivity index (χ4n) is 2.90. The van der Waals surface area contributed by atoms with Crippen LogP contribution < -0.4 is 0 Å². The van der Waals surface area contributed by atoms with Gasteiger partial charge in [0, 0.05) is 20.1 Å². The molecule has 2 aliphatic heterocycles. The summed E-state index contributed by atoms with van der Waals surface area (Å²) >= 11 is 0. The van der Waals surface area contributed by atoms with Crippen molar-refractivity contribution in [3.05, 3.63) is 41.6 Å². The highest BCUT2D eigenvalue weighted by Gasteiger charge is 2.39. The SMILES string of the molecule is CN1C(=O)C(c2ccccc2)=C(N2CCCCC2)C1=O. The standard InChI is InChI=1S/C16H18N2O2/c1-17-15(19)13(12-8-4-2-5-9-12)14(16(17)20)18-10-6-3-7-11-18/h2,4-5,8-9H,3,6-7,10-11H2,1H3. The predicted molar refractivity (Wildman–Crippen MR) is 76.6 cm³/mol. The number of benzene rings is 1. The van der Waals surface area contributed by atoms with Gasteiger partial charge in [-0.1, -0.05) is 30.3 Å². The van der Waals surface area contributed by atoms with Crippen molar-refractivity contribution in [2.75, 3.05) is 20.1 Å². The molecule has 2 aliphatic rings. The van der Waals surface area contributed by atoms with Crippen LogP contribution in [0.1, 0.15) is 24.8 Å². The topological polar surface area (TPSA) is 40.6 Å². The number of likely N-dealkylation sites (N-methyl/N-ethyl adjacent to an activating group) is 1. The van der Waals surface area contributed by atoms with Gasteiger partial charge in [-0.2, -0.15) is 0 Å². The smallest absolute Gasteiger partial charge is 0.277 e. The summed E-state index contributed by atoms with van der Waals surface area (Å²) in [5.41, 5.74) is 1.97. The van der Waals surface area contributed by atoms with Crippen LogP contribution in [-0.4, -0.2) is 41.8 Å². The minimum Gasteiger partial charge on any atom is -0.366 e. The maximum Gasteiger partial charge on any atom is 0.277 e. The number of carbonyl (C=O) groups excluding carboxylic acids is 2. The van der Waals surface area contributed by atoms with Crippen molar-refractivity contribution in [2.45, 2.75) is 19.3 Å². The van der Waals surface area contributed by atoms with Gasteiger partial charge in [0.1, 0.15) is 5.70 Å². The molecule has 0 spiro atoms. The first-order valence-corrected chi connectivity index (χ1v) is 7.07. The predicted octanol–water partition coefficient (Wildman–Crippen LogP) is 1.88. The number of nitrogens with zero attached hydrogens (tertiary/aromatic N) is 2. The number of hydrogen-bond acceptors (Lipinski definition) is 3. The molecule has 3 rings (SSSR count). The molecule has 0 aromatic heterocycles. The van der Waals surface area contributed by atoms with Gasteiger partial charge in [0.15, 0.2) is 0 Å². The zero-order valence-electron chi connectivity index (χ0n) is 11.6. The number of rotatable bonds is 2. The van der Waals surface area contributed by atoms with Crippen molar-refractivity contribution in [3.8, 4) is 0 Å². The first kappa shape index (κ1) is 12.9. The second-order valence-electron chi connectivity index (χ2n) is 5.31. The van der Waals surface area contributed by atoms with Crippen molar-refractivity contribution in [2.24, 2.45) is 0 Å². The van der Waals surface area contributed by atoms with Crippen LogP contribution in [0, 0.1) is 0 Å². The summed E-state index contributed by atoms with van der Waals surface area (Å²) in [6.45, 7) is 1.72. The molecular formula is C16H18N2O2. The van der Waals surface area contributed by atoms with E-state index in [-0.39, 0.29) is 11.8 Å². The van der Waals surface area contributed by atoms with Crippen LogP contribution in [0.2, 0.25) is 0 Å². The maximum atomic E-state index is 12.4. The average Bonchev–Trinajstić information content (AvgIpc) is 2.73. The summed E-state index contributed by atoms with van der Waals surface area (Å²) in [7, 11) is 1.56. The highest BCUT2D eigenvalue weighted by Crippen LogP contribution is 2.31.